The van der Waals surface area contributed by atoms with E-state index < -0.39 is 33.4 Å². The molecule has 2 heterocycles. The molecule has 0 aromatic carbocycles. The summed E-state index contributed by atoms with van der Waals surface area (Å²) in [5, 5.41) is 8.94. The van der Waals surface area contributed by atoms with Crippen LogP contribution in [0.15, 0.2) is 0 Å². The molecule has 212 valence electrons. The molecule has 4 rings (SSSR count). The number of hydrazine groups is 1. The molecule has 2 aliphatic carbocycles. The van der Waals surface area contributed by atoms with Crippen LogP contribution in [0.1, 0.15) is 51.4 Å². The fraction of sp³-hybridized carbons (Fsp3) is 0.917. The first-order valence-electron chi connectivity index (χ1n) is 13.6. The summed E-state index contributed by atoms with van der Waals surface area (Å²) in [5.41, 5.74) is 2.26. The molecule has 0 aromatic heterocycles. The molecule has 8 atom stereocenters. The van der Waals surface area contributed by atoms with Crippen LogP contribution in [-0.2, 0) is 19.6 Å². The zero-order chi connectivity index (χ0) is 26.6. The molecule has 2 amide bonds. The monoisotopic (exact) mass is 564 g/mol. The Hall–Kier alpha value is -1.05. The van der Waals surface area contributed by atoms with Crippen LogP contribution in [0.5, 0.6) is 0 Å². The second kappa shape index (κ2) is 12.9. The summed E-state index contributed by atoms with van der Waals surface area (Å²) in [7, 11) is -1.85. The number of hydrogen-bond acceptors (Lipinski definition) is 7. The van der Waals surface area contributed by atoms with Crippen molar-refractivity contribution in [1.29, 1.82) is 0 Å². The molecule has 4 aliphatic rings. The summed E-state index contributed by atoms with van der Waals surface area (Å²) in [6.07, 6.45) is 4.06. The lowest BCUT2D eigenvalue weighted by Crippen LogP contribution is -2.53. The number of alkyl halides is 2. The van der Waals surface area contributed by atoms with Crippen LogP contribution in [0.4, 0.5) is 4.39 Å². The molecule has 37 heavy (non-hydrogen) atoms. The molecule has 0 spiro atoms. The number of piperidine rings is 1. The number of nitrogens with one attached hydrogen (secondary N) is 5. The highest BCUT2D eigenvalue weighted by Gasteiger charge is 2.44. The number of sulfonamides is 1. The Kier molecular flexibility index (Phi) is 10.1. The normalized spacial score (nSPS) is 37.7. The van der Waals surface area contributed by atoms with Crippen LogP contribution in [0, 0.1) is 23.7 Å². The molecule has 2 saturated heterocycles. The average molecular weight is 565 g/mol. The van der Waals surface area contributed by atoms with Crippen LogP contribution in [0.2, 0.25) is 0 Å². The number of hydrogen-bond donors (Lipinski definition) is 5. The smallest absolute Gasteiger partial charge is 0.241 e. The lowest BCUT2D eigenvalue weighted by Gasteiger charge is -2.37. The summed E-state index contributed by atoms with van der Waals surface area (Å²) in [5.74, 6) is -1.96. The number of amides is 2. The van der Waals surface area contributed by atoms with Gasteiger partial charge in [0.2, 0.25) is 21.8 Å². The minimum absolute atomic E-state index is 0.0329. The van der Waals surface area contributed by atoms with Crippen molar-refractivity contribution in [3.05, 3.63) is 0 Å². The van der Waals surface area contributed by atoms with Crippen molar-refractivity contribution in [2.24, 2.45) is 23.7 Å². The topological polar surface area (TPSA) is 132 Å². The predicted octanol–water partition coefficient (Wildman–Crippen LogP) is 0.444. The van der Waals surface area contributed by atoms with Crippen LogP contribution in [0.25, 0.3) is 0 Å². The van der Waals surface area contributed by atoms with Crippen molar-refractivity contribution < 1.29 is 22.4 Å². The third-order valence-electron chi connectivity index (χ3n) is 8.43. The highest BCUT2D eigenvalue weighted by molar-refractivity contribution is 7.89. The molecular weight excluding hydrogens is 523 g/mol. The molecule has 2 aliphatic heterocycles. The molecule has 8 unspecified atom stereocenters. The zero-order valence-electron chi connectivity index (χ0n) is 21.6. The van der Waals surface area contributed by atoms with Gasteiger partial charge in [-0.2, -0.15) is 0 Å². The van der Waals surface area contributed by atoms with Gasteiger partial charge in [-0.15, -0.1) is 16.4 Å². The molecule has 4 fully saturated rings. The third kappa shape index (κ3) is 7.98. The van der Waals surface area contributed by atoms with Crippen molar-refractivity contribution >= 4 is 33.4 Å². The van der Waals surface area contributed by atoms with Crippen molar-refractivity contribution in [2.75, 3.05) is 39.1 Å². The summed E-state index contributed by atoms with van der Waals surface area (Å²) >= 11 is 6.27. The van der Waals surface area contributed by atoms with Crippen LogP contribution in [-0.4, -0.2) is 87.9 Å². The molecule has 2 saturated carbocycles. The van der Waals surface area contributed by atoms with Crippen molar-refractivity contribution in [2.45, 2.75) is 75.0 Å². The van der Waals surface area contributed by atoms with Gasteiger partial charge in [0.25, 0.3) is 0 Å². The standard InChI is InChI=1S/C24H42ClFN6O4S/c1-32-12-21(28-14-32)17-9-19(22(26)20(25)10-17)24(34)30-31-37(35,36)13-15-4-2-6-18(8-15)29-23(33)16-5-3-7-27-11-16/h15-22,27-28,31H,2-14H2,1H3,(H,29,33)(H,30,34). The van der Waals surface area contributed by atoms with Crippen LogP contribution >= 0.6 is 11.6 Å². The van der Waals surface area contributed by atoms with E-state index in [0.717, 1.165) is 51.9 Å². The van der Waals surface area contributed by atoms with E-state index in [1.165, 1.54) is 0 Å². The Balaban J connectivity index is 1.25. The van der Waals surface area contributed by atoms with Gasteiger partial charge in [-0.3, -0.25) is 25.2 Å². The van der Waals surface area contributed by atoms with Crippen molar-refractivity contribution in [3.8, 4) is 0 Å². The van der Waals surface area contributed by atoms with E-state index >= 15 is 0 Å². The molecule has 10 nitrogen and oxygen atoms in total. The number of rotatable bonds is 8. The number of nitrogens with zero attached hydrogens (tertiary/aromatic N) is 1. The van der Waals surface area contributed by atoms with Gasteiger partial charge in [0.05, 0.1) is 23.0 Å². The Morgan fingerprint density at radius 1 is 1.11 bits per heavy atom. The highest BCUT2D eigenvalue weighted by Crippen LogP contribution is 2.37. The Morgan fingerprint density at radius 3 is 2.62 bits per heavy atom. The maximum Gasteiger partial charge on any atom is 0.241 e. The lowest BCUT2D eigenvalue weighted by atomic mass is 9.76. The van der Waals surface area contributed by atoms with Crippen LogP contribution in [0.3, 0.4) is 0 Å². The quantitative estimate of drug-likeness (QED) is 0.214. The summed E-state index contributed by atoms with van der Waals surface area (Å²) < 4.78 is 40.4. The van der Waals surface area contributed by atoms with Gasteiger partial charge in [-0.05, 0) is 70.4 Å². The van der Waals surface area contributed by atoms with Gasteiger partial charge in [-0.1, -0.05) is 6.42 Å². The van der Waals surface area contributed by atoms with E-state index in [1.807, 2.05) is 7.05 Å². The Bertz CT molecular complexity index is 908. The third-order valence-corrected chi connectivity index (χ3v) is 10.2. The first-order valence-corrected chi connectivity index (χ1v) is 15.7. The fourth-order valence-electron chi connectivity index (χ4n) is 6.40. The largest absolute Gasteiger partial charge is 0.353 e. The summed E-state index contributed by atoms with van der Waals surface area (Å²) in [6, 6.07) is 0.0770. The minimum Gasteiger partial charge on any atom is -0.353 e. The van der Waals surface area contributed by atoms with Crippen molar-refractivity contribution in [3.63, 3.8) is 0 Å². The van der Waals surface area contributed by atoms with Gasteiger partial charge in [-0.25, -0.2) is 12.8 Å². The fourth-order valence-corrected chi connectivity index (χ4v) is 8.07. The van der Waals surface area contributed by atoms with E-state index in [1.54, 1.807) is 0 Å². The SMILES string of the molecule is CN1CNC(C2CC(Cl)C(F)C(C(=O)NNS(=O)(=O)CC3CCCC(NC(=O)C4CCCNC4)C3)C2)C1. The average Bonchev–Trinajstić information content (AvgIpc) is 3.31. The first-order chi connectivity index (χ1) is 17.6. The summed E-state index contributed by atoms with van der Waals surface area (Å²) in [4.78, 5) is 29.7. The van der Waals surface area contributed by atoms with Gasteiger partial charge < -0.3 is 10.6 Å². The summed E-state index contributed by atoms with van der Waals surface area (Å²) in [6.45, 7) is 3.14. The molecular formula is C24H42ClFN6O4S. The van der Waals surface area contributed by atoms with E-state index in [0.29, 0.717) is 25.8 Å². The van der Waals surface area contributed by atoms with Crippen molar-refractivity contribution in [1.82, 2.24) is 31.1 Å². The molecule has 0 aromatic rings. The number of likely N-dealkylation sites (N-methyl/N-ethyl adjacent to an activating group) is 1. The maximum atomic E-state index is 14.9. The van der Waals surface area contributed by atoms with Gasteiger partial charge in [0.15, 0.2) is 0 Å². The molecule has 0 radical (unpaired) electrons. The van der Waals surface area contributed by atoms with E-state index in [4.69, 9.17) is 11.6 Å². The van der Waals surface area contributed by atoms with E-state index in [9.17, 15) is 22.4 Å². The van der Waals surface area contributed by atoms with Gasteiger partial charge in [0, 0.05) is 31.8 Å². The number of halogens is 2. The Labute approximate surface area is 224 Å². The van der Waals surface area contributed by atoms with E-state index in [-0.39, 0.29) is 41.5 Å². The molecule has 0 bridgehead atoms. The Morgan fingerprint density at radius 2 is 1.92 bits per heavy atom. The molecule has 13 heteroatoms. The first kappa shape index (κ1) is 28.9. The zero-order valence-corrected chi connectivity index (χ0v) is 23.1. The predicted molar refractivity (Wildman–Crippen MR) is 140 cm³/mol. The number of carbonyl (C=O) groups excluding carboxylic acids is 2. The van der Waals surface area contributed by atoms with Gasteiger partial charge in [0.1, 0.15) is 6.17 Å². The minimum atomic E-state index is -3.83. The highest BCUT2D eigenvalue weighted by atomic mass is 35.5. The van der Waals surface area contributed by atoms with Gasteiger partial charge >= 0.3 is 0 Å². The maximum absolute atomic E-state index is 14.9. The van der Waals surface area contributed by atoms with E-state index in [2.05, 4.69) is 31.1 Å². The second-order valence-corrected chi connectivity index (χ2v) is 13.8. The lowest BCUT2D eigenvalue weighted by molar-refractivity contribution is -0.129. The number of carbonyl (C=O) groups is 2. The van der Waals surface area contributed by atoms with Crippen LogP contribution < -0.4 is 26.2 Å². The molecule has 5 N–H and O–H groups in total. The second-order valence-electron chi connectivity index (χ2n) is 11.5.